The molecule has 0 aliphatic carbocycles. The van der Waals surface area contributed by atoms with E-state index in [0.29, 0.717) is 13.1 Å². The number of nitrogens with zero attached hydrogens (tertiary/aromatic N) is 1. The Hall–Kier alpha value is -1.99. The normalized spacial score (nSPS) is 9.85. The van der Waals surface area contributed by atoms with Gasteiger partial charge in [-0.1, -0.05) is 24.1 Å². The van der Waals surface area contributed by atoms with Crippen LogP contribution in [0.5, 0.6) is 5.75 Å². The quantitative estimate of drug-likeness (QED) is 0.733. The molecule has 0 saturated heterocycles. The summed E-state index contributed by atoms with van der Waals surface area (Å²) in [6.07, 6.45) is 5.19. The van der Waals surface area contributed by atoms with E-state index in [1.807, 2.05) is 38.1 Å². The van der Waals surface area contributed by atoms with Crippen molar-refractivity contribution in [1.29, 1.82) is 0 Å². The maximum Gasteiger partial charge on any atom is 0.236 e. The number of benzene rings is 1. The Labute approximate surface area is 121 Å². The van der Waals surface area contributed by atoms with Crippen LogP contribution in [0.4, 0.5) is 0 Å². The van der Waals surface area contributed by atoms with Crippen LogP contribution in [0, 0.1) is 12.3 Å². The van der Waals surface area contributed by atoms with Crippen LogP contribution in [-0.2, 0) is 11.3 Å². The van der Waals surface area contributed by atoms with Crippen molar-refractivity contribution in [2.24, 2.45) is 0 Å². The van der Waals surface area contributed by atoms with E-state index in [1.54, 1.807) is 4.90 Å². The zero-order valence-electron chi connectivity index (χ0n) is 12.2. The zero-order chi connectivity index (χ0) is 14.8. The Kier molecular flexibility index (Phi) is 7.23. The van der Waals surface area contributed by atoms with Crippen LogP contribution in [0.15, 0.2) is 24.3 Å². The molecule has 1 amide bonds. The van der Waals surface area contributed by atoms with Crippen LogP contribution >= 0.6 is 0 Å². The first-order valence-electron chi connectivity index (χ1n) is 6.85. The fourth-order valence-electron chi connectivity index (χ4n) is 1.90. The van der Waals surface area contributed by atoms with Gasteiger partial charge in [-0.15, -0.1) is 6.42 Å². The Morgan fingerprint density at radius 1 is 1.35 bits per heavy atom. The average Bonchev–Trinajstić information content (AvgIpc) is 2.47. The molecule has 0 radical (unpaired) electrons. The summed E-state index contributed by atoms with van der Waals surface area (Å²) < 4.78 is 5.46. The fraction of sp³-hybridized carbons (Fsp3) is 0.438. The molecule has 4 nitrogen and oxygen atoms in total. The molecule has 0 unspecified atom stereocenters. The Morgan fingerprint density at radius 2 is 2.05 bits per heavy atom. The molecule has 20 heavy (non-hydrogen) atoms. The fourth-order valence-corrected chi connectivity index (χ4v) is 1.90. The molecular weight excluding hydrogens is 252 g/mol. The number of hydrogen-bond acceptors (Lipinski definition) is 3. The van der Waals surface area contributed by atoms with Crippen LogP contribution < -0.4 is 10.1 Å². The molecular formula is C16H22N2O2. The van der Waals surface area contributed by atoms with E-state index in [0.717, 1.165) is 24.4 Å². The molecule has 0 aliphatic rings. The number of ether oxygens (including phenoxy) is 1. The van der Waals surface area contributed by atoms with E-state index >= 15 is 0 Å². The first-order valence-corrected chi connectivity index (χ1v) is 6.85. The molecule has 0 spiro atoms. The van der Waals surface area contributed by atoms with Gasteiger partial charge >= 0.3 is 0 Å². The monoisotopic (exact) mass is 274 g/mol. The highest BCUT2D eigenvalue weighted by Gasteiger charge is 2.09. The van der Waals surface area contributed by atoms with Gasteiger partial charge in [-0.05, 0) is 19.9 Å². The van der Waals surface area contributed by atoms with Gasteiger partial charge in [0.2, 0.25) is 5.91 Å². The van der Waals surface area contributed by atoms with Crippen molar-refractivity contribution in [1.82, 2.24) is 10.2 Å². The Morgan fingerprint density at radius 3 is 2.70 bits per heavy atom. The van der Waals surface area contributed by atoms with Crippen LogP contribution in [0.25, 0.3) is 0 Å². The number of terminal acetylenes is 1. The van der Waals surface area contributed by atoms with Gasteiger partial charge in [0.1, 0.15) is 12.4 Å². The lowest BCUT2D eigenvalue weighted by molar-refractivity contribution is -0.129. The largest absolute Gasteiger partial charge is 0.481 e. The minimum atomic E-state index is 0.108. The SMILES string of the molecule is C#CCOc1ccccc1CNCC(=O)N(CC)CC. The highest BCUT2D eigenvalue weighted by molar-refractivity contribution is 5.78. The number of para-hydroxylation sites is 1. The maximum atomic E-state index is 11.9. The number of rotatable bonds is 8. The van der Waals surface area contributed by atoms with Gasteiger partial charge in [-0.3, -0.25) is 4.79 Å². The lowest BCUT2D eigenvalue weighted by Crippen LogP contribution is -2.37. The minimum absolute atomic E-state index is 0.108. The van der Waals surface area contributed by atoms with Gasteiger partial charge in [0.25, 0.3) is 0 Å². The molecule has 4 heteroatoms. The van der Waals surface area contributed by atoms with Crippen molar-refractivity contribution < 1.29 is 9.53 Å². The summed E-state index contributed by atoms with van der Waals surface area (Å²) in [5.74, 6) is 3.31. The number of hydrogen-bond donors (Lipinski definition) is 1. The van der Waals surface area contributed by atoms with Crippen LogP contribution in [-0.4, -0.2) is 37.0 Å². The molecule has 0 atom stereocenters. The molecule has 0 saturated carbocycles. The summed E-state index contributed by atoms with van der Waals surface area (Å²) in [6.45, 7) is 6.57. The second-order valence-electron chi connectivity index (χ2n) is 4.27. The highest BCUT2D eigenvalue weighted by Crippen LogP contribution is 2.17. The van der Waals surface area contributed by atoms with E-state index in [1.165, 1.54) is 0 Å². The molecule has 108 valence electrons. The molecule has 1 N–H and O–H groups in total. The first-order chi connectivity index (χ1) is 9.72. The third-order valence-corrected chi connectivity index (χ3v) is 2.99. The number of nitrogens with one attached hydrogen (secondary N) is 1. The van der Waals surface area contributed by atoms with Crippen LogP contribution in [0.1, 0.15) is 19.4 Å². The second kappa shape index (κ2) is 9.00. The van der Waals surface area contributed by atoms with Crippen molar-refractivity contribution in [3.8, 4) is 18.1 Å². The van der Waals surface area contributed by atoms with Crippen molar-refractivity contribution in [3.63, 3.8) is 0 Å². The summed E-state index contributed by atoms with van der Waals surface area (Å²) in [4.78, 5) is 13.7. The molecule has 0 bridgehead atoms. The predicted octanol–water partition coefficient (Wildman–Crippen LogP) is 1.66. The van der Waals surface area contributed by atoms with Gasteiger partial charge in [0, 0.05) is 25.2 Å². The maximum absolute atomic E-state index is 11.9. The Bertz CT molecular complexity index is 462. The molecule has 1 aromatic rings. The third-order valence-electron chi connectivity index (χ3n) is 2.99. The lowest BCUT2D eigenvalue weighted by atomic mass is 10.2. The van der Waals surface area contributed by atoms with Gasteiger partial charge in [-0.25, -0.2) is 0 Å². The molecule has 0 aliphatic heterocycles. The van der Waals surface area contributed by atoms with Crippen molar-refractivity contribution in [3.05, 3.63) is 29.8 Å². The second-order valence-corrected chi connectivity index (χ2v) is 4.27. The standard InChI is InChI=1S/C16H22N2O2/c1-4-11-20-15-10-8-7-9-14(15)12-17-13-16(19)18(5-2)6-3/h1,7-10,17H,5-6,11-13H2,2-3H3. The van der Waals surface area contributed by atoms with E-state index in [4.69, 9.17) is 11.2 Å². The van der Waals surface area contributed by atoms with E-state index in [2.05, 4.69) is 11.2 Å². The summed E-state index contributed by atoms with van der Waals surface area (Å²) in [7, 11) is 0. The van der Waals surface area contributed by atoms with Gasteiger partial charge in [-0.2, -0.15) is 0 Å². The van der Waals surface area contributed by atoms with Crippen molar-refractivity contribution in [2.45, 2.75) is 20.4 Å². The van der Waals surface area contributed by atoms with E-state index < -0.39 is 0 Å². The molecule has 0 heterocycles. The zero-order valence-corrected chi connectivity index (χ0v) is 12.2. The lowest BCUT2D eigenvalue weighted by Gasteiger charge is -2.19. The number of amides is 1. The van der Waals surface area contributed by atoms with E-state index in [-0.39, 0.29) is 12.5 Å². The number of carbonyl (C=O) groups is 1. The minimum Gasteiger partial charge on any atom is -0.481 e. The smallest absolute Gasteiger partial charge is 0.236 e. The molecule has 1 aromatic carbocycles. The van der Waals surface area contributed by atoms with Gasteiger partial charge in [0.15, 0.2) is 0 Å². The van der Waals surface area contributed by atoms with Crippen LogP contribution in [0.3, 0.4) is 0 Å². The first kappa shape index (κ1) is 16.1. The molecule has 0 fully saturated rings. The van der Waals surface area contributed by atoms with E-state index in [9.17, 15) is 4.79 Å². The predicted molar refractivity (Wildman–Crippen MR) is 80.4 cm³/mol. The van der Waals surface area contributed by atoms with Crippen LogP contribution in [0.2, 0.25) is 0 Å². The number of likely N-dealkylation sites (N-methyl/N-ethyl adjacent to an activating group) is 1. The summed E-state index contributed by atoms with van der Waals surface area (Å²) in [6, 6.07) is 7.67. The van der Waals surface area contributed by atoms with Crippen molar-refractivity contribution in [2.75, 3.05) is 26.2 Å². The third kappa shape index (κ3) is 4.94. The highest BCUT2D eigenvalue weighted by atomic mass is 16.5. The number of carbonyl (C=O) groups excluding carboxylic acids is 1. The van der Waals surface area contributed by atoms with Gasteiger partial charge in [0.05, 0.1) is 6.54 Å². The van der Waals surface area contributed by atoms with Gasteiger partial charge < -0.3 is 15.0 Å². The molecule has 0 aromatic heterocycles. The Balaban J connectivity index is 2.49. The topological polar surface area (TPSA) is 41.6 Å². The van der Waals surface area contributed by atoms with Crippen molar-refractivity contribution >= 4 is 5.91 Å². The summed E-state index contributed by atoms with van der Waals surface area (Å²) >= 11 is 0. The average molecular weight is 274 g/mol. The summed E-state index contributed by atoms with van der Waals surface area (Å²) in [5.41, 5.74) is 0.995. The molecule has 1 rings (SSSR count). The summed E-state index contributed by atoms with van der Waals surface area (Å²) in [5, 5.41) is 3.14.